The summed E-state index contributed by atoms with van der Waals surface area (Å²) in [6.45, 7) is 0.777. The zero-order valence-electron chi connectivity index (χ0n) is 8.94. The Morgan fingerprint density at radius 3 is 2.24 bits per heavy atom. The molecule has 0 bridgehead atoms. The van der Waals surface area contributed by atoms with Crippen molar-refractivity contribution in [1.82, 2.24) is 0 Å². The van der Waals surface area contributed by atoms with Crippen LogP contribution in [0.15, 0.2) is 30.3 Å². The van der Waals surface area contributed by atoms with Crippen LogP contribution < -0.4 is 0 Å². The molecule has 0 N–H and O–H groups in total. The van der Waals surface area contributed by atoms with Gasteiger partial charge in [-0.2, -0.15) is 0 Å². The molecular weight excluding hydrogens is 232 g/mol. The maximum atomic E-state index is 10.4. The Balaban J connectivity index is 2.93. The van der Waals surface area contributed by atoms with Gasteiger partial charge < -0.3 is 9.68 Å². The number of benzene rings is 1. The first-order valence-electron chi connectivity index (χ1n) is 4.60. The molecule has 8 nitrogen and oxygen atoms in total. The second kappa shape index (κ2) is 5.10. The summed E-state index contributed by atoms with van der Waals surface area (Å²) < 4.78 is 0. The number of hydrogen-bond acceptors (Lipinski definition) is 6. The summed E-state index contributed by atoms with van der Waals surface area (Å²) in [6, 6.07) is 8.12. The van der Waals surface area contributed by atoms with E-state index in [-0.39, 0.29) is 0 Å². The molecule has 0 saturated carbocycles. The minimum absolute atomic E-state index is 0.415. The van der Waals surface area contributed by atoms with E-state index >= 15 is 0 Å². The minimum Gasteiger partial charge on any atom is -0.311 e. The molecule has 1 aromatic carbocycles. The first-order chi connectivity index (χ1) is 7.94. The zero-order chi connectivity index (χ0) is 12.9. The SMILES string of the molecule is CC(CO[N+](=O)[O-])(O[N+](=O)[O-])c1ccccc1. The molecule has 1 aromatic rings. The quantitative estimate of drug-likeness (QED) is 0.550. The minimum atomic E-state index is -1.52. The van der Waals surface area contributed by atoms with Crippen molar-refractivity contribution in [2.24, 2.45) is 0 Å². The Hall–Kier alpha value is -2.38. The molecule has 0 aliphatic heterocycles. The lowest BCUT2D eigenvalue weighted by molar-refractivity contribution is -0.803. The van der Waals surface area contributed by atoms with Gasteiger partial charge in [-0.3, -0.25) is 0 Å². The van der Waals surface area contributed by atoms with Gasteiger partial charge in [0.2, 0.25) is 0 Å². The van der Waals surface area contributed by atoms with Gasteiger partial charge in [0.15, 0.2) is 5.60 Å². The Morgan fingerprint density at radius 2 is 1.76 bits per heavy atom. The topological polar surface area (TPSA) is 105 Å². The molecule has 0 fully saturated rings. The van der Waals surface area contributed by atoms with E-state index in [4.69, 9.17) is 0 Å². The van der Waals surface area contributed by atoms with Crippen molar-refractivity contribution in [1.29, 1.82) is 0 Å². The second-order valence-electron chi connectivity index (χ2n) is 3.41. The lowest BCUT2D eigenvalue weighted by atomic mass is 9.97. The fourth-order valence-corrected chi connectivity index (χ4v) is 1.29. The molecule has 0 saturated heterocycles. The highest BCUT2D eigenvalue weighted by molar-refractivity contribution is 5.21. The van der Waals surface area contributed by atoms with E-state index in [1.54, 1.807) is 30.3 Å². The highest BCUT2D eigenvalue weighted by Gasteiger charge is 2.32. The average Bonchev–Trinajstić information content (AvgIpc) is 2.27. The van der Waals surface area contributed by atoms with Crippen molar-refractivity contribution >= 4 is 0 Å². The summed E-state index contributed by atoms with van der Waals surface area (Å²) in [5.41, 5.74) is -1.10. The fraction of sp³-hybridized carbons (Fsp3) is 0.333. The van der Waals surface area contributed by atoms with Gasteiger partial charge in [-0.15, -0.1) is 20.2 Å². The summed E-state index contributed by atoms with van der Waals surface area (Å²) in [6.07, 6.45) is 0. The fourth-order valence-electron chi connectivity index (χ4n) is 1.29. The van der Waals surface area contributed by atoms with Crippen LogP contribution >= 0.6 is 0 Å². The van der Waals surface area contributed by atoms with Crippen LogP contribution in [0.25, 0.3) is 0 Å². The van der Waals surface area contributed by atoms with Crippen LogP contribution in [-0.4, -0.2) is 16.8 Å². The largest absolute Gasteiger partial charge is 0.311 e. The van der Waals surface area contributed by atoms with Crippen LogP contribution in [0, 0.1) is 20.2 Å². The normalized spacial score (nSPS) is 13.5. The molecule has 0 amide bonds. The molecule has 92 valence electrons. The Kier molecular flexibility index (Phi) is 3.81. The lowest BCUT2D eigenvalue weighted by Crippen LogP contribution is -2.34. The van der Waals surface area contributed by atoms with Crippen LogP contribution in [0.5, 0.6) is 0 Å². The van der Waals surface area contributed by atoms with Crippen LogP contribution in [-0.2, 0) is 15.3 Å². The molecular formula is C9H10N2O6. The number of hydrogen-bond donors (Lipinski definition) is 0. The Labute approximate surface area is 96.0 Å². The van der Waals surface area contributed by atoms with Gasteiger partial charge in [-0.05, 0) is 12.5 Å². The molecule has 0 radical (unpaired) electrons. The van der Waals surface area contributed by atoms with Crippen molar-refractivity contribution in [2.45, 2.75) is 12.5 Å². The second-order valence-corrected chi connectivity index (χ2v) is 3.41. The third kappa shape index (κ3) is 3.59. The molecule has 0 aromatic heterocycles. The molecule has 1 unspecified atom stereocenters. The standard InChI is InChI=1S/C9H10N2O6/c1-9(17-11(14)15,7-16-10(12)13)8-5-3-2-4-6-8/h2-6H,7H2,1H3. The predicted molar refractivity (Wildman–Crippen MR) is 54.8 cm³/mol. The third-order valence-electron chi connectivity index (χ3n) is 2.11. The van der Waals surface area contributed by atoms with E-state index in [9.17, 15) is 20.2 Å². The Bertz CT molecular complexity index is 409. The number of rotatable bonds is 6. The molecule has 0 spiro atoms. The maximum absolute atomic E-state index is 10.4. The van der Waals surface area contributed by atoms with Crippen molar-refractivity contribution < 1.29 is 19.8 Å². The van der Waals surface area contributed by atoms with E-state index in [0.717, 1.165) is 0 Å². The van der Waals surface area contributed by atoms with Crippen LogP contribution in [0.2, 0.25) is 0 Å². The van der Waals surface area contributed by atoms with Crippen molar-refractivity contribution in [3.8, 4) is 0 Å². The first-order valence-corrected chi connectivity index (χ1v) is 4.60. The molecule has 0 heterocycles. The maximum Gasteiger partial charge on any atom is 0.295 e. The van der Waals surface area contributed by atoms with Gasteiger partial charge >= 0.3 is 0 Å². The van der Waals surface area contributed by atoms with Crippen LogP contribution in [0.1, 0.15) is 12.5 Å². The Morgan fingerprint density at radius 1 is 1.18 bits per heavy atom. The zero-order valence-corrected chi connectivity index (χ0v) is 8.94. The highest BCUT2D eigenvalue weighted by atomic mass is 17.0. The smallest absolute Gasteiger partial charge is 0.295 e. The van der Waals surface area contributed by atoms with Crippen molar-refractivity contribution in [2.75, 3.05) is 6.61 Å². The monoisotopic (exact) mass is 242 g/mol. The number of nitrogens with zero attached hydrogens (tertiary/aromatic N) is 2. The van der Waals surface area contributed by atoms with Gasteiger partial charge in [-0.25, -0.2) is 0 Å². The lowest BCUT2D eigenvalue weighted by Gasteiger charge is -2.26. The average molecular weight is 242 g/mol. The van der Waals surface area contributed by atoms with Crippen LogP contribution in [0.4, 0.5) is 0 Å². The van der Waals surface area contributed by atoms with E-state index in [1.165, 1.54) is 6.92 Å². The van der Waals surface area contributed by atoms with E-state index < -0.39 is 22.4 Å². The van der Waals surface area contributed by atoms with E-state index in [2.05, 4.69) is 9.68 Å². The van der Waals surface area contributed by atoms with Gasteiger partial charge in [0, 0.05) is 0 Å². The first kappa shape index (κ1) is 12.7. The molecule has 1 atom stereocenters. The highest BCUT2D eigenvalue weighted by Crippen LogP contribution is 2.25. The molecule has 17 heavy (non-hydrogen) atoms. The summed E-state index contributed by atoms with van der Waals surface area (Å²) in [4.78, 5) is 29.1. The van der Waals surface area contributed by atoms with Gasteiger partial charge in [0.1, 0.15) is 6.61 Å². The van der Waals surface area contributed by atoms with E-state index in [1.807, 2.05) is 0 Å². The van der Waals surface area contributed by atoms with Crippen LogP contribution in [0.3, 0.4) is 0 Å². The van der Waals surface area contributed by atoms with Crippen molar-refractivity contribution in [3.63, 3.8) is 0 Å². The third-order valence-corrected chi connectivity index (χ3v) is 2.11. The molecule has 1 rings (SSSR count). The van der Waals surface area contributed by atoms with Gasteiger partial charge in [0.05, 0.1) is 0 Å². The van der Waals surface area contributed by atoms with Gasteiger partial charge in [0.25, 0.3) is 10.2 Å². The predicted octanol–water partition coefficient (Wildman–Crippen LogP) is 1.32. The molecule has 8 heteroatoms. The summed E-state index contributed by atoms with van der Waals surface area (Å²) in [7, 11) is 0. The van der Waals surface area contributed by atoms with E-state index in [0.29, 0.717) is 5.56 Å². The summed E-state index contributed by atoms with van der Waals surface area (Å²) in [5.74, 6) is 0. The summed E-state index contributed by atoms with van der Waals surface area (Å²) in [5, 5.41) is 18.5. The van der Waals surface area contributed by atoms with Gasteiger partial charge in [-0.1, -0.05) is 30.3 Å². The summed E-state index contributed by atoms with van der Waals surface area (Å²) >= 11 is 0. The molecule has 0 aliphatic rings. The molecule has 0 aliphatic carbocycles. The van der Waals surface area contributed by atoms with Crippen molar-refractivity contribution in [3.05, 3.63) is 56.1 Å².